The van der Waals surface area contributed by atoms with Crippen LogP contribution < -0.4 is 11.1 Å². The van der Waals surface area contributed by atoms with Crippen LogP contribution in [0.3, 0.4) is 0 Å². The van der Waals surface area contributed by atoms with Crippen LogP contribution in [0.2, 0.25) is 0 Å². The second kappa shape index (κ2) is 6.91. The monoisotopic (exact) mass is 312 g/mol. The summed E-state index contributed by atoms with van der Waals surface area (Å²) in [4.78, 5) is 15.5. The molecule has 0 amide bonds. The highest BCUT2D eigenvalue weighted by Crippen LogP contribution is 2.25. The van der Waals surface area contributed by atoms with E-state index in [0.29, 0.717) is 5.95 Å². The van der Waals surface area contributed by atoms with Crippen LogP contribution in [0.25, 0.3) is 0 Å². The minimum atomic E-state index is 0.143. The molecule has 122 valence electrons. The summed E-state index contributed by atoms with van der Waals surface area (Å²) in [6, 6.07) is 9.97. The molecule has 0 spiro atoms. The summed E-state index contributed by atoms with van der Waals surface area (Å²) in [6.07, 6.45) is 2.44. The SMILES string of the molecule is CC1CCN([C@@H](C)c2nc(N)nc(Nc3ccccc3)n2)CC1. The lowest BCUT2D eigenvalue weighted by Crippen LogP contribution is -2.35. The van der Waals surface area contributed by atoms with Gasteiger partial charge >= 0.3 is 0 Å². The number of rotatable bonds is 4. The molecule has 2 heterocycles. The summed E-state index contributed by atoms with van der Waals surface area (Å²) in [7, 11) is 0. The maximum Gasteiger partial charge on any atom is 0.232 e. The van der Waals surface area contributed by atoms with Gasteiger partial charge in [-0.1, -0.05) is 25.1 Å². The molecule has 0 saturated carbocycles. The predicted molar refractivity (Wildman–Crippen MR) is 92.4 cm³/mol. The molecule has 3 rings (SSSR count). The Hall–Kier alpha value is -2.21. The van der Waals surface area contributed by atoms with Crippen molar-refractivity contribution in [3.05, 3.63) is 36.2 Å². The second-order valence-electron chi connectivity index (χ2n) is 6.26. The number of anilines is 3. The fraction of sp³-hybridized carbons (Fsp3) is 0.471. The van der Waals surface area contributed by atoms with Gasteiger partial charge in [-0.3, -0.25) is 4.90 Å². The maximum atomic E-state index is 5.88. The van der Waals surface area contributed by atoms with Crippen molar-refractivity contribution in [2.24, 2.45) is 5.92 Å². The normalized spacial score (nSPS) is 17.8. The van der Waals surface area contributed by atoms with Gasteiger partial charge in [-0.25, -0.2) is 0 Å². The molecule has 2 aromatic rings. The molecule has 23 heavy (non-hydrogen) atoms. The first kappa shape index (κ1) is 15.7. The zero-order valence-electron chi connectivity index (χ0n) is 13.7. The molecule has 0 radical (unpaired) electrons. The van der Waals surface area contributed by atoms with E-state index in [1.54, 1.807) is 0 Å². The zero-order valence-corrected chi connectivity index (χ0v) is 13.7. The summed E-state index contributed by atoms with van der Waals surface area (Å²) in [6.45, 7) is 6.60. The largest absolute Gasteiger partial charge is 0.368 e. The summed E-state index contributed by atoms with van der Waals surface area (Å²) < 4.78 is 0. The van der Waals surface area contributed by atoms with Crippen LogP contribution in [0.5, 0.6) is 0 Å². The average molecular weight is 312 g/mol. The smallest absolute Gasteiger partial charge is 0.232 e. The number of nitrogen functional groups attached to an aromatic ring is 1. The minimum Gasteiger partial charge on any atom is -0.368 e. The van der Waals surface area contributed by atoms with E-state index in [0.717, 1.165) is 30.5 Å². The molecule has 1 fully saturated rings. The molecule has 1 aliphatic rings. The summed E-state index contributed by atoms with van der Waals surface area (Å²) in [5.74, 6) is 2.28. The fourth-order valence-electron chi connectivity index (χ4n) is 2.88. The lowest BCUT2D eigenvalue weighted by Gasteiger charge is -2.34. The first-order valence-corrected chi connectivity index (χ1v) is 8.19. The van der Waals surface area contributed by atoms with Crippen molar-refractivity contribution in [1.82, 2.24) is 19.9 Å². The van der Waals surface area contributed by atoms with Crippen LogP contribution in [0.15, 0.2) is 30.3 Å². The molecule has 1 aliphatic heterocycles. The van der Waals surface area contributed by atoms with Crippen LogP contribution in [0.1, 0.15) is 38.6 Å². The van der Waals surface area contributed by atoms with Crippen molar-refractivity contribution in [2.45, 2.75) is 32.7 Å². The topological polar surface area (TPSA) is 80.0 Å². The Morgan fingerprint density at radius 2 is 1.83 bits per heavy atom. The van der Waals surface area contributed by atoms with E-state index in [1.165, 1.54) is 12.8 Å². The third kappa shape index (κ3) is 3.96. The van der Waals surface area contributed by atoms with Gasteiger partial charge in [-0.2, -0.15) is 15.0 Å². The molecule has 1 saturated heterocycles. The van der Waals surface area contributed by atoms with Crippen LogP contribution in [0.4, 0.5) is 17.6 Å². The van der Waals surface area contributed by atoms with Gasteiger partial charge in [0, 0.05) is 5.69 Å². The average Bonchev–Trinajstić information content (AvgIpc) is 2.55. The fourth-order valence-corrected chi connectivity index (χ4v) is 2.88. The highest BCUT2D eigenvalue weighted by Gasteiger charge is 2.23. The van der Waals surface area contributed by atoms with Gasteiger partial charge in [0.05, 0.1) is 6.04 Å². The highest BCUT2D eigenvalue weighted by molar-refractivity contribution is 5.53. The van der Waals surface area contributed by atoms with Crippen molar-refractivity contribution < 1.29 is 0 Å². The van der Waals surface area contributed by atoms with Gasteiger partial charge in [-0.05, 0) is 50.9 Å². The Labute approximate surface area is 137 Å². The van der Waals surface area contributed by atoms with E-state index in [1.807, 2.05) is 30.3 Å². The Kier molecular flexibility index (Phi) is 4.71. The van der Waals surface area contributed by atoms with Gasteiger partial charge in [0.15, 0.2) is 5.82 Å². The third-order valence-corrected chi connectivity index (χ3v) is 4.44. The second-order valence-corrected chi connectivity index (χ2v) is 6.26. The molecule has 3 N–H and O–H groups in total. The van der Waals surface area contributed by atoms with Crippen molar-refractivity contribution in [3.8, 4) is 0 Å². The maximum absolute atomic E-state index is 5.88. The van der Waals surface area contributed by atoms with Gasteiger partial charge in [0.2, 0.25) is 11.9 Å². The van der Waals surface area contributed by atoms with Crippen molar-refractivity contribution in [3.63, 3.8) is 0 Å². The van der Waals surface area contributed by atoms with Gasteiger partial charge < -0.3 is 11.1 Å². The van der Waals surface area contributed by atoms with Crippen molar-refractivity contribution in [1.29, 1.82) is 0 Å². The Morgan fingerprint density at radius 3 is 2.52 bits per heavy atom. The number of likely N-dealkylation sites (tertiary alicyclic amines) is 1. The molecule has 6 heteroatoms. The number of aromatic nitrogens is 3. The van der Waals surface area contributed by atoms with Crippen molar-refractivity contribution in [2.75, 3.05) is 24.1 Å². The molecule has 0 bridgehead atoms. The summed E-state index contributed by atoms with van der Waals surface area (Å²) in [5.41, 5.74) is 6.82. The van der Waals surface area contributed by atoms with E-state index in [4.69, 9.17) is 5.73 Å². The molecule has 0 unspecified atom stereocenters. The predicted octanol–water partition coefficient (Wildman–Crippen LogP) is 2.99. The Morgan fingerprint density at radius 1 is 1.13 bits per heavy atom. The summed E-state index contributed by atoms with van der Waals surface area (Å²) in [5, 5.41) is 3.19. The molecular weight excluding hydrogens is 288 g/mol. The number of nitrogens with two attached hydrogens (primary N) is 1. The molecule has 1 aromatic carbocycles. The van der Waals surface area contributed by atoms with E-state index >= 15 is 0 Å². The van der Waals surface area contributed by atoms with E-state index < -0.39 is 0 Å². The van der Waals surface area contributed by atoms with Crippen LogP contribution in [0, 0.1) is 5.92 Å². The standard InChI is InChI=1S/C17H24N6/c1-12-8-10-23(11-9-12)13(2)15-20-16(18)22-17(21-15)19-14-6-4-3-5-7-14/h3-7,12-13H,8-11H2,1-2H3,(H3,18,19,20,21,22)/t13-/m0/s1. The van der Waals surface area contributed by atoms with Crippen LogP contribution in [-0.2, 0) is 0 Å². The quantitative estimate of drug-likeness (QED) is 0.903. The molecule has 0 aliphatic carbocycles. The summed E-state index contributed by atoms with van der Waals surface area (Å²) >= 11 is 0. The number of nitrogens with zero attached hydrogens (tertiary/aromatic N) is 4. The van der Waals surface area contributed by atoms with E-state index in [9.17, 15) is 0 Å². The van der Waals surface area contributed by atoms with E-state index in [2.05, 4.69) is 39.0 Å². The van der Waals surface area contributed by atoms with Gasteiger partial charge in [0.25, 0.3) is 0 Å². The lowest BCUT2D eigenvalue weighted by atomic mass is 9.98. The number of hydrogen-bond acceptors (Lipinski definition) is 6. The molecule has 1 atom stereocenters. The zero-order chi connectivity index (χ0) is 16.2. The van der Waals surface area contributed by atoms with Crippen LogP contribution >= 0.6 is 0 Å². The number of para-hydroxylation sites is 1. The van der Waals surface area contributed by atoms with Gasteiger partial charge in [-0.15, -0.1) is 0 Å². The minimum absolute atomic E-state index is 0.143. The van der Waals surface area contributed by atoms with Crippen LogP contribution in [-0.4, -0.2) is 32.9 Å². The number of hydrogen-bond donors (Lipinski definition) is 2. The molecule has 6 nitrogen and oxygen atoms in total. The Bertz CT molecular complexity index is 637. The molecule has 1 aromatic heterocycles. The third-order valence-electron chi connectivity index (χ3n) is 4.44. The Balaban J connectivity index is 1.77. The molecular formula is C17H24N6. The van der Waals surface area contributed by atoms with E-state index in [-0.39, 0.29) is 12.0 Å². The highest BCUT2D eigenvalue weighted by atomic mass is 15.2. The first-order chi connectivity index (χ1) is 11.1. The number of benzene rings is 1. The first-order valence-electron chi connectivity index (χ1n) is 8.19. The lowest BCUT2D eigenvalue weighted by molar-refractivity contribution is 0.142. The number of piperidine rings is 1. The van der Waals surface area contributed by atoms with Crippen molar-refractivity contribution >= 4 is 17.6 Å². The van der Waals surface area contributed by atoms with Gasteiger partial charge in [0.1, 0.15) is 0 Å². The number of nitrogens with one attached hydrogen (secondary N) is 1.